The zero-order chi connectivity index (χ0) is 31.3. The predicted molar refractivity (Wildman–Crippen MR) is 168 cm³/mol. The van der Waals surface area contributed by atoms with Crippen LogP contribution in [0.25, 0.3) is 0 Å². The molecule has 7 N–H and O–H groups in total. The number of fused-ring (bicyclic) bond motifs is 5. The Hall–Kier alpha value is -3.00. The third kappa shape index (κ3) is 7.61. The topological polar surface area (TPSA) is 159 Å². The SMILES string of the molecule is CN=C(N)N[C@@H]1CCC[C@H](O)[C@@]12C#C[C@H]1CCC[C@H]3C[C@@H](CCN3)Oc3cc(ccc3O)C[C@H]1[C@H](OC(C)=O)C[C@@H](O)CC2. The minimum atomic E-state index is -0.813. The Morgan fingerprint density at radius 3 is 2.77 bits per heavy atom. The fourth-order valence-corrected chi connectivity index (χ4v) is 7.86. The Kier molecular flexibility index (Phi) is 10.6. The monoisotopic (exact) mass is 610 g/mol. The number of carbonyl (C=O) groups is 1. The van der Waals surface area contributed by atoms with Crippen LogP contribution in [-0.4, -0.2) is 77.3 Å². The number of hydrogen-bond donors (Lipinski definition) is 6. The van der Waals surface area contributed by atoms with Crippen LogP contribution in [-0.2, 0) is 16.0 Å². The van der Waals surface area contributed by atoms with Gasteiger partial charge in [0.1, 0.15) is 12.2 Å². The highest BCUT2D eigenvalue weighted by Crippen LogP contribution is 2.43. The number of aliphatic hydroxyl groups excluding tert-OH is 2. The molecule has 0 aromatic heterocycles. The molecular weight excluding hydrogens is 560 g/mol. The quantitative estimate of drug-likeness (QED) is 0.128. The van der Waals surface area contributed by atoms with Crippen molar-refractivity contribution in [3.05, 3.63) is 23.8 Å². The number of piperidine rings is 1. The van der Waals surface area contributed by atoms with Crippen molar-refractivity contribution in [2.24, 2.45) is 28.0 Å². The van der Waals surface area contributed by atoms with E-state index in [1.54, 1.807) is 13.1 Å². The molecule has 0 amide bonds. The number of aliphatic hydroxyl groups is 2. The van der Waals surface area contributed by atoms with E-state index in [-0.39, 0.29) is 48.2 Å². The van der Waals surface area contributed by atoms with Crippen molar-refractivity contribution < 1.29 is 29.6 Å². The van der Waals surface area contributed by atoms with E-state index in [1.165, 1.54) is 6.92 Å². The summed E-state index contributed by atoms with van der Waals surface area (Å²) in [7, 11) is 1.63. The fraction of sp³-hybridized carbons (Fsp3) is 0.706. The van der Waals surface area contributed by atoms with Gasteiger partial charge in [-0.1, -0.05) is 24.3 Å². The van der Waals surface area contributed by atoms with Gasteiger partial charge in [0.15, 0.2) is 17.5 Å². The van der Waals surface area contributed by atoms with Crippen molar-refractivity contribution in [3.63, 3.8) is 0 Å². The highest BCUT2D eigenvalue weighted by molar-refractivity contribution is 5.78. The van der Waals surface area contributed by atoms with Crippen LogP contribution >= 0.6 is 0 Å². The summed E-state index contributed by atoms with van der Waals surface area (Å²) in [6, 6.07) is 5.52. The van der Waals surface area contributed by atoms with Gasteiger partial charge in [0.25, 0.3) is 0 Å². The maximum absolute atomic E-state index is 12.4. The number of aromatic hydroxyl groups is 1. The fourth-order valence-electron chi connectivity index (χ4n) is 7.86. The lowest BCUT2D eigenvalue weighted by Crippen LogP contribution is -2.57. The lowest BCUT2D eigenvalue weighted by Gasteiger charge is -2.45. The molecule has 1 aromatic carbocycles. The zero-order valence-electron chi connectivity index (χ0n) is 26.1. The van der Waals surface area contributed by atoms with Gasteiger partial charge in [-0.2, -0.15) is 0 Å². The van der Waals surface area contributed by atoms with Crippen LogP contribution in [0.15, 0.2) is 23.2 Å². The molecule has 0 radical (unpaired) electrons. The van der Waals surface area contributed by atoms with Crippen LogP contribution in [0.1, 0.15) is 83.1 Å². The summed E-state index contributed by atoms with van der Waals surface area (Å²) < 4.78 is 12.3. The molecule has 242 valence electrons. The number of phenolic OH excluding ortho intramolecular Hbond substituents is 1. The van der Waals surface area contributed by atoms with Crippen LogP contribution in [0, 0.1) is 29.1 Å². The van der Waals surface area contributed by atoms with Gasteiger partial charge in [-0.05, 0) is 88.4 Å². The molecule has 4 aliphatic rings. The number of esters is 1. The molecule has 1 spiro atoms. The zero-order valence-corrected chi connectivity index (χ0v) is 26.1. The molecule has 2 aliphatic carbocycles. The minimum absolute atomic E-state index is 0.0174. The average molecular weight is 611 g/mol. The molecule has 10 nitrogen and oxygen atoms in total. The first-order chi connectivity index (χ1) is 21.2. The summed E-state index contributed by atoms with van der Waals surface area (Å²) in [5.74, 6) is 7.35. The van der Waals surface area contributed by atoms with Gasteiger partial charge >= 0.3 is 5.97 Å². The van der Waals surface area contributed by atoms with E-state index in [9.17, 15) is 20.1 Å². The number of hydrogen-bond acceptors (Lipinski definition) is 8. The number of nitrogens with zero attached hydrogens (tertiary/aromatic N) is 1. The van der Waals surface area contributed by atoms with Gasteiger partial charge in [0, 0.05) is 44.3 Å². The van der Waals surface area contributed by atoms with Crippen molar-refractivity contribution in [2.45, 2.75) is 120 Å². The second-order valence-electron chi connectivity index (χ2n) is 13.3. The van der Waals surface area contributed by atoms with Crippen LogP contribution in [0.4, 0.5) is 0 Å². The Morgan fingerprint density at radius 2 is 1.98 bits per heavy atom. The summed E-state index contributed by atoms with van der Waals surface area (Å²) in [5, 5.41) is 40.6. The summed E-state index contributed by atoms with van der Waals surface area (Å²) in [6.07, 6.45) is 6.31. The molecule has 10 heteroatoms. The summed E-state index contributed by atoms with van der Waals surface area (Å²) in [6.45, 7) is 2.26. The minimum Gasteiger partial charge on any atom is -0.504 e. The van der Waals surface area contributed by atoms with E-state index in [2.05, 4.69) is 27.5 Å². The Balaban J connectivity index is 1.60. The highest BCUT2D eigenvalue weighted by Gasteiger charge is 2.47. The number of nitrogens with two attached hydrogens (primary N) is 1. The molecule has 44 heavy (non-hydrogen) atoms. The van der Waals surface area contributed by atoms with Gasteiger partial charge in [0.2, 0.25) is 0 Å². The maximum Gasteiger partial charge on any atom is 0.302 e. The van der Waals surface area contributed by atoms with Gasteiger partial charge in [-0.15, -0.1) is 0 Å². The second kappa shape index (κ2) is 14.4. The Labute approximate surface area is 261 Å². The van der Waals surface area contributed by atoms with E-state index in [0.29, 0.717) is 37.4 Å². The highest BCUT2D eigenvalue weighted by atomic mass is 16.5. The Bertz CT molecular complexity index is 1250. The van der Waals surface area contributed by atoms with Crippen molar-refractivity contribution in [3.8, 4) is 23.3 Å². The van der Waals surface area contributed by atoms with E-state index >= 15 is 0 Å². The summed E-state index contributed by atoms with van der Waals surface area (Å²) in [5.41, 5.74) is 6.27. The number of aliphatic imine (C=N–C) groups is 1. The summed E-state index contributed by atoms with van der Waals surface area (Å²) in [4.78, 5) is 16.5. The number of ether oxygens (including phenoxy) is 2. The third-order valence-electron chi connectivity index (χ3n) is 10.3. The van der Waals surface area contributed by atoms with Gasteiger partial charge < -0.3 is 41.2 Å². The van der Waals surface area contributed by atoms with Crippen molar-refractivity contribution in [1.82, 2.24) is 10.6 Å². The number of rotatable bonds is 2. The van der Waals surface area contributed by atoms with Crippen molar-refractivity contribution in [2.75, 3.05) is 13.6 Å². The third-order valence-corrected chi connectivity index (χ3v) is 10.3. The van der Waals surface area contributed by atoms with E-state index in [0.717, 1.165) is 57.1 Å². The molecule has 1 saturated heterocycles. The summed E-state index contributed by atoms with van der Waals surface area (Å²) >= 11 is 0. The molecule has 1 saturated carbocycles. The molecule has 2 aliphatic heterocycles. The van der Waals surface area contributed by atoms with E-state index < -0.39 is 23.7 Å². The largest absolute Gasteiger partial charge is 0.504 e. The Morgan fingerprint density at radius 1 is 1.16 bits per heavy atom. The normalized spacial score (nSPS) is 36.5. The van der Waals surface area contributed by atoms with Gasteiger partial charge in [-0.3, -0.25) is 9.79 Å². The molecule has 4 bridgehead atoms. The first-order valence-corrected chi connectivity index (χ1v) is 16.4. The smallest absolute Gasteiger partial charge is 0.302 e. The van der Waals surface area contributed by atoms with Crippen LogP contribution in [0.3, 0.4) is 0 Å². The molecule has 0 unspecified atom stereocenters. The van der Waals surface area contributed by atoms with E-state index in [4.69, 9.17) is 15.2 Å². The number of carbonyl (C=O) groups excluding carboxylic acids is 1. The molecule has 2 fully saturated rings. The van der Waals surface area contributed by atoms with Crippen molar-refractivity contribution >= 4 is 11.9 Å². The van der Waals surface area contributed by atoms with Crippen LogP contribution < -0.4 is 21.1 Å². The molecule has 5 rings (SSSR count). The molecule has 2 heterocycles. The lowest BCUT2D eigenvalue weighted by molar-refractivity contribution is -0.152. The lowest BCUT2D eigenvalue weighted by atomic mass is 9.64. The van der Waals surface area contributed by atoms with Gasteiger partial charge in [0.05, 0.1) is 17.6 Å². The standard InChI is InChI=1S/C34H50N4O6/c1-21(39)43-29-20-25(40)12-15-34(31(38-33(35)36-2)7-4-8-32(34)42)14-11-23-5-3-6-24-19-26(13-16-37-24)44-30-18-22(17-27(23)29)9-10-28(30)41/h9-10,18,23-27,29,31-32,37,40-42H,3-8,12-13,15-17,19-20H2,1-2H3,(H3,35,36,38)/t23-,24+,25+,26-,27-,29-,31-,32+,34-/m1/s1. The van der Waals surface area contributed by atoms with Crippen LogP contribution in [0.5, 0.6) is 11.5 Å². The number of benzene rings is 1. The predicted octanol–water partition coefficient (Wildman–Crippen LogP) is 2.76. The van der Waals surface area contributed by atoms with Gasteiger partial charge in [-0.25, -0.2) is 0 Å². The van der Waals surface area contributed by atoms with Crippen LogP contribution in [0.2, 0.25) is 0 Å². The number of phenols is 1. The number of nitrogens with one attached hydrogen (secondary N) is 2. The maximum atomic E-state index is 12.4. The molecular formula is C34H50N4O6. The van der Waals surface area contributed by atoms with Crippen molar-refractivity contribution in [1.29, 1.82) is 0 Å². The number of guanidine groups is 1. The first-order valence-electron chi connectivity index (χ1n) is 16.4. The average Bonchev–Trinajstić information content (AvgIpc) is 2.99. The first kappa shape index (κ1) is 32.4. The molecule has 1 aromatic rings. The second-order valence-corrected chi connectivity index (χ2v) is 13.3. The van der Waals surface area contributed by atoms with E-state index in [1.807, 2.05) is 12.1 Å². The molecule has 9 atom stereocenters.